The van der Waals surface area contributed by atoms with Crippen LogP contribution in [-0.4, -0.2) is 41.8 Å². The highest BCUT2D eigenvalue weighted by molar-refractivity contribution is 5.86. The van der Waals surface area contributed by atoms with Gasteiger partial charge in [0.05, 0.1) is 6.42 Å². The number of fused-ring (bicyclic) bond motifs is 3. The topological polar surface area (TPSA) is 105 Å². The Bertz CT molecular complexity index is 1020. The number of alkyl carbamates (subject to hydrolysis) is 1. The van der Waals surface area contributed by atoms with Crippen LogP contribution in [0.3, 0.4) is 0 Å². The second kappa shape index (κ2) is 10.3. The van der Waals surface area contributed by atoms with E-state index in [2.05, 4.69) is 34.9 Å². The van der Waals surface area contributed by atoms with Crippen LogP contribution in [0.15, 0.2) is 48.5 Å². The zero-order chi connectivity index (χ0) is 24.2. The lowest BCUT2D eigenvalue weighted by Gasteiger charge is -2.34. The summed E-state index contributed by atoms with van der Waals surface area (Å²) in [5.74, 6) is -1.40. The highest BCUT2D eigenvalue weighted by Crippen LogP contribution is 2.44. The van der Waals surface area contributed by atoms with Crippen molar-refractivity contribution in [1.29, 1.82) is 0 Å². The smallest absolute Gasteiger partial charge is 0.407 e. The number of carboxylic acid groups (broad SMARTS) is 1. The molecular weight excluding hydrogens is 432 g/mol. The van der Waals surface area contributed by atoms with Gasteiger partial charge in [-0.05, 0) is 46.9 Å². The summed E-state index contributed by atoms with van der Waals surface area (Å²) >= 11 is 0. The van der Waals surface area contributed by atoms with Crippen LogP contribution in [0.25, 0.3) is 11.1 Å². The molecule has 3 N–H and O–H groups in total. The zero-order valence-electron chi connectivity index (χ0n) is 19.6. The molecule has 1 unspecified atom stereocenters. The molecule has 2 aliphatic rings. The van der Waals surface area contributed by atoms with E-state index in [4.69, 9.17) is 4.74 Å². The Balaban J connectivity index is 1.39. The summed E-state index contributed by atoms with van der Waals surface area (Å²) in [5, 5.41) is 14.8. The van der Waals surface area contributed by atoms with Gasteiger partial charge in [-0.1, -0.05) is 68.8 Å². The van der Waals surface area contributed by atoms with Gasteiger partial charge in [0.15, 0.2) is 0 Å². The molecule has 1 saturated carbocycles. The molecular formula is C27H32N2O5. The second-order valence-corrected chi connectivity index (χ2v) is 9.60. The molecule has 7 nitrogen and oxygen atoms in total. The van der Waals surface area contributed by atoms with Gasteiger partial charge in [0, 0.05) is 12.0 Å². The maximum Gasteiger partial charge on any atom is 0.407 e. The van der Waals surface area contributed by atoms with Crippen molar-refractivity contribution in [3.63, 3.8) is 0 Å². The maximum atomic E-state index is 13.0. The van der Waals surface area contributed by atoms with Gasteiger partial charge in [-0.3, -0.25) is 9.59 Å². The SMILES string of the molecule is CC(C)[C@@H](NC(=O)OCC1c2ccccc2-c2ccccc21)C(=O)NC(CC(=O)O)C1CCC1. The van der Waals surface area contributed by atoms with Crippen molar-refractivity contribution in [3.8, 4) is 11.1 Å². The Morgan fingerprint density at radius 3 is 2.06 bits per heavy atom. The molecule has 34 heavy (non-hydrogen) atoms. The number of amides is 2. The number of benzene rings is 2. The van der Waals surface area contributed by atoms with E-state index in [1.165, 1.54) is 0 Å². The van der Waals surface area contributed by atoms with Gasteiger partial charge in [-0.25, -0.2) is 4.79 Å². The first-order valence-electron chi connectivity index (χ1n) is 12.0. The first-order chi connectivity index (χ1) is 16.3. The minimum atomic E-state index is -0.942. The Morgan fingerprint density at radius 1 is 0.971 bits per heavy atom. The minimum Gasteiger partial charge on any atom is -0.481 e. The lowest BCUT2D eigenvalue weighted by Crippen LogP contribution is -2.54. The average molecular weight is 465 g/mol. The van der Waals surface area contributed by atoms with Gasteiger partial charge in [0.25, 0.3) is 0 Å². The van der Waals surface area contributed by atoms with Gasteiger partial charge in [-0.15, -0.1) is 0 Å². The number of carboxylic acids is 1. The van der Waals surface area contributed by atoms with Crippen LogP contribution in [0, 0.1) is 11.8 Å². The number of rotatable bonds is 9. The van der Waals surface area contributed by atoms with E-state index in [1.54, 1.807) is 0 Å². The Morgan fingerprint density at radius 2 is 1.56 bits per heavy atom. The fraction of sp³-hybridized carbons (Fsp3) is 0.444. The molecule has 2 aromatic rings. The van der Waals surface area contributed by atoms with Crippen molar-refractivity contribution in [2.45, 2.75) is 57.5 Å². The van der Waals surface area contributed by atoms with E-state index in [9.17, 15) is 19.5 Å². The van der Waals surface area contributed by atoms with Gasteiger partial charge >= 0.3 is 12.1 Å². The summed E-state index contributed by atoms with van der Waals surface area (Å²) in [5.41, 5.74) is 4.53. The van der Waals surface area contributed by atoms with Crippen molar-refractivity contribution in [1.82, 2.24) is 10.6 Å². The summed E-state index contributed by atoms with van der Waals surface area (Å²) in [6.07, 6.45) is 2.08. The molecule has 2 amide bonds. The highest BCUT2D eigenvalue weighted by atomic mass is 16.5. The van der Waals surface area contributed by atoms with E-state index in [0.29, 0.717) is 0 Å². The summed E-state index contributed by atoms with van der Waals surface area (Å²) in [6.45, 7) is 3.84. The lowest BCUT2D eigenvalue weighted by atomic mass is 9.78. The molecule has 7 heteroatoms. The summed E-state index contributed by atoms with van der Waals surface area (Å²) in [6, 6.07) is 15.0. The molecule has 0 spiro atoms. The number of carbonyl (C=O) groups is 3. The molecule has 1 fully saturated rings. The van der Waals surface area contributed by atoms with Crippen LogP contribution in [0.2, 0.25) is 0 Å². The molecule has 2 atom stereocenters. The first-order valence-corrected chi connectivity index (χ1v) is 12.0. The molecule has 0 heterocycles. The Labute approximate surface area is 199 Å². The van der Waals surface area contributed by atoms with E-state index in [0.717, 1.165) is 41.5 Å². The van der Waals surface area contributed by atoms with E-state index >= 15 is 0 Å². The van der Waals surface area contributed by atoms with Gasteiger partial charge in [0.2, 0.25) is 5.91 Å². The van der Waals surface area contributed by atoms with E-state index < -0.39 is 24.1 Å². The van der Waals surface area contributed by atoms with Crippen LogP contribution in [0.1, 0.15) is 56.6 Å². The van der Waals surface area contributed by atoms with Crippen molar-refractivity contribution in [3.05, 3.63) is 59.7 Å². The summed E-state index contributed by atoms with van der Waals surface area (Å²) in [4.78, 5) is 36.9. The van der Waals surface area contributed by atoms with Crippen molar-refractivity contribution >= 4 is 18.0 Å². The van der Waals surface area contributed by atoms with Gasteiger partial charge in [0.1, 0.15) is 12.6 Å². The first kappa shape index (κ1) is 23.8. The van der Waals surface area contributed by atoms with Gasteiger partial charge in [-0.2, -0.15) is 0 Å². The minimum absolute atomic E-state index is 0.0666. The number of aliphatic carboxylic acids is 1. The van der Waals surface area contributed by atoms with Crippen LogP contribution < -0.4 is 10.6 Å². The van der Waals surface area contributed by atoms with Crippen LogP contribution in [0.5, 0.6) is 0 Å². The largest absolute Gasteiger partial charge is 0.481 e. The van der Waals surface area contributed by atoms with Crippen molar-refractivity contribution < 1.29 is 24.2 Å². The van der Waals surface area contributed by atoms with Crippen molar-refractivity contribution in [2.24, 2.45) is 11.8 Å². The fourth-order valence-electron chi connectivity index (χ4n) is 4.94. The third-order valence-corrected chi connectivity index (χ3v) is 7.01. The molecule has 0 radical (unpaired) electrons. The standard InChI is InChI=1S/C27H32N2O5/c1-16(2)25(26(32)28-23(14-24(30)31)17-8-7-9-17)29-27(33)34-15-22-20-12-5-3-10-18(20)19-11-4-6-13-21(19)22/h3-6,10-13,16-17,22-23,25H,7-9,14-15H2,1-2H3,(H,28,32)(H,29,33)(H,30,31)/t23?,25-/m1/s1. The number of hydrogen-bond donors (Lipinski definition) is 3. The van der Waals surface area contributed by atoms with Gasteiger partial charge < -0.3 is 20.5 Å². The molecule has 2 aliphatic carbocycles. The lowest BCUT2D eigenvalue weighted by molar-refractivity contribution is -0.138. The fourth-order valence-corrected chi connectivity index (χ4v) is 4.94. The van der Waals surface area contributed by atoms with E-state index in [-0.39, 0.29) is 36.7 Å². The average Bonchev–Trinajstić information content (AvgIpc) is 3.08. The summed E-state index contributed by atoms with van der Waals surface area (Å²) < 4.78 is 5.60. The molecule has 0 aromatic heterocycles. The Kier molecular flexibility index (Phi) is 7.20. The molecule has 0 aliphatic heterocycles. The predicted molar refractivity (Wildman–Crippen MR) is 128 cm³/mol. The molecule has 2 aromatic carbocycles. The molecule has 0 bridgehead atoms. The quantitative estimate of drug-likeness (QED) is 0.513. The van der Waals surface area contributed by atoms with Crippen molar-refractivity contribution in [2.75, 3.05) is 6.61 Å². The number of ether oxygens (including phenoxy) is 1. The molecule has 4 rings (SSSR count). The third kappa shape index (κ3) is 5.08. The van der Waals surface area contributed by atoms with Crippen LogP contribution in [-0.2, 0) is 14.3 Å². The van der Waals surface area contributed by atoms with Crippen LogP contribution in [0.4, 0.5) is 4.79 Å². The highest BCUT2D eigenvalue weighted by Gasteiger charge is 2.34. The zero-order valence-corrected chi connectivity index (χ0v) is 19.6. The van der Waals surface area contributed by atoms with E-state index in [1.807, 2.05) is 38.1 Å². The second-order valence-electron chi connectivity index (χ2n) is 9.60. The molecule has 0 saturated heterocycles. The monoisotopic (exact) mass is 464 g/mol. The number of nitrogens with one attached hydrogen (secondary N) is 2. The maximum absolute atomic E-state index is 13.0. The number of carbonyl (C=O) groups excluding carboxylic acids is 2. The van der Waals surface area contributed by atoms with Crippen LogP contribution >= 0.6 is 0 Å². The Hall–Kier alpha value is -3.35. The summed E-state index contributed by atoms with van der Waals surface area (Å²) in [7, 11) is 0. The normalized spacial score (nSPS) is 16.7. The predicted octanol–water partition coefficient (Wildman–Crippen LogP) is 4.31. The number of hydrogen-bond acceptors (Lipinski definition) is 4. The molecule has 180 valence electrons. The third-order valence-electron chi connectivity index (χ3n) is 7.01.